The first kappa shape index (κ1) is 26.3. The van der Waals surface area contributed by atoms with Gasteiger partial charge in [0.25, 0.3) is 5.56 Å². The van der Waals surface area contributed by atoms with Crippen LogP contribution >= 0.6 is 12.4 Å². The summed E-state index contributed by atoms with van der Waals surface area (Å²) in [4.78, 5) is 34.0. The molecular weight excluding hydrogens is 431 g/mol. The number of aryl methyl sites for hydroxylation is 2. The summed E-state index contributed by atoms with van der Waals surface area (Å²) in [5, 5.41) is 38.8. The van der Waals surface area contributed by atoms with Crippen molar-refractivity contribution in [2.45, 2.75) is 38.7 Å². The molecule has 0 amide bonds. The third-order valence-electron chi connectivity index (χ3n) is 4.57. The molecule has 0 aliphatic carbocycles. The van der Waals surface area contributed by atoms with Crippen LogP contribution in [-0.2, 0) is 6.54 Å². The van der Waals surface area contributed by atoms with E-state index in [9.17, 15) is 24.9 Å². The quantitative estimate of drug-likeness (QED) is 0.192. The number of halogens is 1. The Morgan fingerprint density at radius 2 is 1.72 bits per heavy atom. The van der Waals surface area contributed by atoms with Gasteiger partial charge in [0.2, 0.25) is 0 Å². The summed E-state index contributed by atoms with van der Waals surface area (Å²) in [7, 11) is 0. The monoisotopic (exact) mass is 452 g/mol. The molecule has 2 heterocycles. The van der Waals surface area contributed by atoms with Gasteiger partial charge in [-0.1, -0.05) is 0 Å². The maximum Gasteiger partial charge on any atom is 1.00 e. The van der Waals surface area contributed by atoms with E-state index in [0.717, 1.165) is 11.1 Å². The first-order valence-corrected chi connectivity index (χ1v) is 8.29. The fourth-order valence-electron chi connectivity index (χ4n) is 2.89. The summed E-state index contributed by atoms with van der Waals surface area (Å²) in [6.07, 6.45) is -4.68. The Hall–Kier alpha value is -0.734. The van der Waals surface area contributed by atoms with Crippen molar-refractivity contribution >= 4 is 23.4 Å². The summed E-state index contributed by atoms with van der Waals surface area (Å²) in [6, 6.07) is 3.53. The fourth-order valence-corrected chi connectivity index (χ4v) is 2.89. The molecular formula is C17H22ClKN4O6. The number of hydrogen-bond donors (Lipinski definition) is 5. The first-order valence-electron chi connectivity index (χ1n) is 8.29. The van der Waals surface area contributed by atoms with E-state index in [1.807, 2.05) is 13.8 Å². The van der Waals surface area contributed by atoms with Gasteiger partial charge in [-0.15, -0.1) is 12.4 Å². The van der Waals surface area contributed by atoms with Crippen molar-refractivity contribution in [1.82, 2.24) is 19.5 Å². The van der Waals surface area contributed by atoms with Crippen LogP contribution in [-0.4, -0.2) is 64.9 Å². The van der Waals surface area contributed by atoms with Crippen LogP contribution in [0.25, 0.3) is 22.6 Å². The van der Waals surface area contributed by atoms with Gasteiger partial charge in [0.05, 0.1) is 24.2 Å². The average Bonchev–Trinajstić information content (AvgIpc) is 2.62. The number of H-pyrrole nitrogens is 1. The van der Waals surface area contributed by atoms with Crippen molar-refractivity contribution in [2.75, 3.05) is 6.61 Å². The molecule has 10 nitrogen and oxygen atoms in total. The molecule has 1 aromatic rings. The molecule has 0 spiro atoms. The Labute approximate surface area is 215 Å². The number of nitrogens with zero attached hydrogens (tertiary/aromatic N) is 3. The molecule has 0 saturated heterocycles. The molecule has 2 aliphatic rings. The molecule has 0 fully saturated rings. The van der Waals surface area contributed by atoms with Crippen LogP contribution in [0.15, 0.2) is 21.7 Å². The largest absolute Gasteiger partial charge is 1.00 e. The topological polar surface area (TPSA) is 162 Å². The number of hydrogen-bond acceptors (Lipinski definition) is 8. The van der Waals surface area contributed by atoms with E-state index in [1.54, 1.807) is 12.1 Å². The van der Waals surface area contributed by atoms with Crippen LogP contribution < -0.4 is 62.6 Å². The number of aliphatic hydroxyl groups excluding tert-OH is 4. The van der Waals surface area contributed by atoms with Gasteiger partial charge in [-0.05, 0) is 37.1 Å². The van der Waals surface area contributed by atoms with Gasteiger partial charge in [0.15, 0.2) is 11.5 Å². The molecule has 0 unspecified atom stereocenters. The Kier molecular flexibility index (Phi) is 9.55. The molecule has 5 N–H and O–H groups in total. The zero-order valence-electron chi connectivity index (χ0n) is 17.2. The van der Waals surface area contributed by atoms with Crippen LogP contribution in [0.5, 0.6) is 0 Å². The SMILES string of the molecule is Cc1cc2nc3c(=O)[nH]c(=O)nc-3n(C[C@H](O)[C@H](O)[C@H](O)CO)c2cc1C.Cl.[H-].[K+]. The van der Waals surface area contributed by atoms with Crippen LogP contribution in [0.1, 0.15) is 12.6 Å². The van der Waals surface area contributed by atoms with Crippen molar-refractivity contribution < 1.29 is 73.2 Å². The van der Waals surface area contributed by atoms with E-state index < -0.39 is 36.2 Å². The number of nitrogens with one attached hydrogen (secondary N) is 1. The molecule has 0 bridgehead atoms. The van der Waals surface area contributed by atoms with Gasteiger partial charge in [-0.3, -0.25) is 9.78 Å². The number of rotatable bonds is 5. The van der Waals surface area contributed by atoms with E-state index in [0.29, 0.717) is 11.0 Å². The second-order valence-electron chi connectivity index (χ2n) is 6.50. The zero-order valence-corrected chi connectivity index (χ0v) is 20.1. The zero-order chi connectivity index (χ0) is 19.9. The molecule has 3 rings (SSSR count). The smallest absolute Gasteiger partial charge is 1.00 e. The maximum atomic E-state index is 12.2. The molecule has 154 valence electrons. The number of aromatic nitrogens is 4. The molecule has 12 heteroatoms. The Bertz CT molecular complexity index is 1090. The normalized spacial score (nSPS) is 14.1. The van der Waals surface area contributed by atoms with Gasteiger partial charge < -0.3 is 26.4 Å². The Balaban J connectivity index is 0.00000280. The number of aromatic amines is 1. The molecule has 1 aromatic carbocycles. The van der Waals surface area contributed by atoms with E-state index >= 15 is 0 Å². The van der Waals surface area contributed by atoms with Crippen molar-refractivity contribution in [3.63, 3.8) is 0 Å². The van der Waals surface area contributed by atoms with Crippen molar-refractivity contribution in [2.24, 2.45) is 0 Å². The van der Waals surface area contributed by atoms with Crippen molar-refractivity contribution in [3.05, 3.63) is 44.1 Å². The molecule has 3 atom stereocenters. The fraction of sp³-hybridized carbons (Fsp3) is 0.412. The number of aliphatic hydroxyl groups is 4. The van der Waals surface area contributed by atoms with Crippen molar-refractivity contribution in [3.8, 4) is 11.5 Å². The summed E-state index contributed by atoms with van der Waals surface area (Å²) >= 11 is 0. The van der Waals surface area contributed by atoms with E-state index in [-0.39, 0.29) is 83.3 Å². The van der Waals surface area contributed by atoms with Crippen LogP contribution in [0.2, 0.25) is 0 Å². The van der Waals surface area contributed by atoms with E-state index in [1.165, 1.54) is 4.57 Å². The third-order valence-corrected chi connectivity index (χ3v) is 4.57. The second-order valence-corrected chi connectivity index (χ2v) is 6.50. The second kappa shape index (κ2) is 10.5. The number of benzene rings is 1. The minimum absolute atomic E-state index is 0. The maximum absolute atomic E-state index is 12.2. The van der Waals surface area contributed by atoms with Gasteiger partial charge in [-0.2, -0.15) is 4.98 Å². The summed E-state index contributed by atoms with van der Waals surface area (Å²) < 4.78 is 1.40. The minimum atomic E-state index is -1.64. The summed E-state index contributed by atoms with van der Waals surface area (Å²) in [5.74, 6) is -0.0516. The van der Waals surface area contributed by atoms with Gasteiger partial charge >= 0.3 is 57.1 Å². The van der Waals surface area contributed by atoms with Gasteiger partial charge in [0.1, 0.15) is 18.3 Å². The van der Waals surface area contributed by atoms with Gasteiger partial charge in [0, 0.05) is 0 Å². The molecule has 0 saturated carbocycles. The van der Waals surface area contributed by atoms with Gasteiger partial charge in [-0.25, -0.2) is 9.78 Å². The molecule has 0 radical (unpaired) electrons. The van der Waals surface area contributed by atoms with Crippen LogP contribution in [0.3, 0.4) is 0 Å². The Morgan fingerprint density at radius 1 is 1.10 bits per heavy atom. The summed E-state index contributed by atoms with van der Waals surface area (Å²) in [6.45, 7) is 2.73. The number of fused-ring (bicyclic) bond motifs is 2. The predicted molar refractivity (Wildman–Crippen MR) is 104 cm³/mol. The van der Waals surface area contributed by atoms with Crippen LogP contribution in [0, 0.1) is 13.8 Å². The standard InChI is InChI=1S/C17H20N4O6.ClH.K.H/c1-7-3-9-10(4-8(7)2)21(5-11(23)14(25)12(24)6-22)15-13(18-9)16(26)20-17(27)19-15;;;/h3-4,11-12,14,22-25H,5-6H2,1-2H3,(H,20,26,27);1H;;/q;;+1;-1/t11-,12+,14-;;;/m0.../s1. The third kappa shape index (κ3) is 5.31. The minimum Gasteiger partial charge on any atom is -1.00 e. The molecule has 2 aliphatic heterocycles. The summed E-state index contributed by atoms with van der Waals surface area (Å²) in [5.41, 5.74) is 1.11. The van der Waals surface area contributed by atoms with E-state index in [4.69, 9.17) is 5.11 Å². The average molecular weight is 453 g/mol. The Morgan fingerprint density at radius 3 is 2.34 bits per heavy atom. The van der Waals surface area contributed by atoms with E-state index in [2.05, 4.69) is 15.0 Å². The molecule has 29 heavy (non-hydrogen) atoms. The predicted octanol–water partition coefficient (Wildman–Crippen LogP) is -4.19. The first-order chi connectivity index (χ1) is 12.7. The van der Waals surface area contributed by atoms with Crippen molar-refractivity contribution in [1.29, 1.82) is 0 Å². The molecule has 0 aromatic heterocycles. The van der Waals surface area contributed by atoms with Crippen LogP contribution in [0.4, 0.5) is 0 Å².